The van der Waals surface area contributed by atoms with Crippen molar-refractivity contribution in [3.63, 3.8) is 0 Å². The maximum atomic E-state index is 12.3. The van der Waals surface area contributed by atoms with E-state index < -0.39 is 24.5 Å². The van der Waals surface area contributed by atoms with Gasteiger partial charge >= 0.3 is 7.12 Å². The lowest BCUT2D eigenvalue weighted by atomic mass is 9.60. The highest BCUT2D eigenvalue weighted by Crippen LogP contribution is 2.26. The summed E-state index contributed by atoms with van der Waals surface area (Å²) in [6.07, 6.45) is 2.37. The summed E-state index contributed by atoms with van der Waals surface area (Å²) in [7, 11) is -1.91. The third-order valence-corrected chi connectivity index (χ3v) is 4.29. The molecule has 1 aromatic heterocycles. The molecule has 2 rings (SSSR count). The topological polar surface area (TPSA) is 140 Å². The molecule has 0 amide bonds. The van der Waals surface area contributed by atoms with E-state index in [-0.39, 0.29) is 18.8 Å². The quantitative estimate of drug-likeness (QED) is 0.354. The highest BCUT2D eigenvalue weighted by atomic mass is 35.5. The Morgan fingerprint density at radius 1 is 1.31 bits per heavy atom. The van der Waals surface area contributed by atoms with Crippen molar-refractivity contribution in [1.29, 1.82) is 0 Å². The van der Waals surface area contributed by atoms with Gasteiger partial charge in [0.25, 0.3) is 0 Å². The molecule has 2 aromatic rings. The Balaban J connectivity index is 0.00000338. The van der Waals surface area contributed by atoms with Crippen LogP contribution in [0.2, 0.25) is 0 Å². The molecule has 0 aliphatic rings. The number of nitrogens with two attached hydrogens (primary N) is 2. The first-order valence-corrected chi connectivity index (χ1v) is 8.19. The summed E-state index contributed by atoms with van der Waals surface area (Å²) in [6.45, 7) is 1.31. The van der Waals surface area contributed by atoms with Crippen molar-refractivity contribution in [2.24, 2.45) is 11.5 Å². The first kappa shape index (κ1) is 22.3. The van der Waals surface area contributed by atoms with Gasteiger partial charge in [0.05, 0.1) is 6.17 Å². The van der Waals surface area contributed by atoms with Gasteiger partial charge in [-0.2, -0.15) is 5.10 Å². The second kappa shape index (κ2) is 9.79. The van der Waals surface area contributed by atoms with Crippen molar-refractivity contribution < 1.29 is 14.8 Å². The molecule has 0 aliphatic carbocycles. The van der Waals surface area contributed by atoms with Gasteiger partial charge in [0.15, 0.2) is 17.0 Å². The predicted octanol–water partition coefficient (Wildman–Crippen LogP) is 0.000800. The van der Waals surface area contributed by atoms with Crippen molar-refractivity contribution in [3.8, 4) is 0 Å². The fraction of sp³-hybridized carbons (Fsp3) is 0.438. The molecule has 142 valence electrons. The normalized spacial score (nSPS) is 13.2. The van der Waals surface area contributed by atoms with Gasteiger partial charge in [0, 0.05) is 6.42 Å². The molecule has 10 heteroatoms. The lowest BCUT2D eigenvalue weighted by Gasteiger charge is -2.30. The second-order valence-electron chi connectivity index (χ2n) is 6.18. The van der Waals surface area contributed by atoms with Gasteiger partial charge in [0.2, 0.25) is 0 Å². The van der Waals surface area contributed by atoms with Gasteiger partial charge in [0.1, 0.15) is 6.33 Å². The Hall–Kier alpha value is -1.78. The van der Waals surface area contributed by atoms with Gasteiger partial charge in [-0.05, 0) is 31.7 Å². The van der Waals surface area contributed by atoms with Crippen LogP contribution in [0.15, 0.2) is 36.7 Å². The molecule has 0 saturated heterocycles. The molecule has 0 bridgehead atoms. The zero-order valence-corrected chi connectivity index (χ0v) is 15.5. The fourth-order valence-corrected chi connectivity index (χ4v) is 2.84. The van der Waals surface area contributed by atoms with Crippen molar-refractivity contribution >= 4 is 25.3 Å². The number of rotatable bonds is 9. The number of carbonyl (C=O) groups excluding carboxylic acids is 1. The fourth-order valence-electron chi connectivity index (χ4n) is 2.84. The summed E-state index contributed by atoms with van der Waals surface area (Å²) in [6, 6.07) is 9.64. The lowest BCUT2D eigenvalue weighted by Crippen LogP contribution is -2.54. The standard InChI is InChI=1S/C16H24BN5O3.ClH/c1-12(23)16(17(24)25,9-5-8-14(18)19)22-11-20-15(21-22)10-13-6-3-2-4-7-13;/h2-4,6-7,11,14,24-25H,5,8-10,18-19H2,1H3;1H. The van der Waals surface area contributed by atoms with E-state index >= 15 is 0 Å². The molecule has 0 saturated carbocycles. The van der Waals surface area contributed by atoms with Crippen LogP contribution in [-0.4, -0.2) is 43.9 Å². The van der Waals surface area contributed by atoms with E-state index in [2.05, 4.69) is 10.1 Å². The molecule has 0 spiro atoms. The minimum absolute atomic E-state index is 0. The molecule has 8 nitrogen and oxygen atoms in total. The number of aromatic nitrogens is 3. The number of Topliss-reactive ketones (excluding diaryl/α,β-unsaturated/α-hetero) is 1. The first-order chi connectivity index (χ1) is 11.9. The molecule has 6 N–H and O–H groups in total. The number of benzene rings is 1. The van der Waals surface area contributed by atoms with E-state index in [1.54, 1.807) is 0 Å². The summed E-state index contributed by atoms with van der Waals surface area (Å²) in [5, 5.41) is 24.2. The molecule has 0 aliphatic heterocycles. The van der Waals surface area contributed by atoms with E-state index in [1.165, 1.54) is 17.9 Å². The average molecular weight is 382 g/mol. The molecular weight excluding hydrogens is 356 g/mol. The maximum Gasteiger partial charge on any atom is 0.489 e. The molecule has 26 heavy (non-hydrogen) atoms. The van der Waals surface area contributed by atoms with Crippen LogP contribution in [0.4, 0.5) is 0 Å². The van der Waals surface area contributed by atoms with Gasteiger partial charge in [-0.1, -0.05) is 30.3 Å². The number of halogens is 1. The van der Waals surface area contributed by atoms with Crippen LogP contribution >= 0.6 is 12.4 Å². The van der Waals surface area contributed by atoms with Gasteiger partial charge in [-0.15, -0.1) is 12.4 Å². The Morgan fingerprint density at radius 2 is 1.96 bits per heavy atom. The van der Waals surface area contributed by atoms with E-state index in [0.717, 1.165) is 5.56 Å². The van der Waals surface area contributed by atoms with Gasteiger partial charge < -0.3 is 21.5 Å². The van der Waals surface area contributed by atoms with Crippen molar-refractivity contribution in [2.75, 3.05) is 0 Å². The first-order valence-electron chi connectivity index (χ1n) is 8.19. The zero-order valence-electron chi connectivity index (χ0n) is 14.7. The second-order valence-corrected chi connectivity index (χ2v) is 6.18. The number of hydrogen-bond acceptors (Lipinski definition) is 7. The molecule has 1 heterocycles. The zero-order chi connectivity index (χ0) is 18.4. The summed E-state index contributed by atoms with van der Waals surface area (Å²) < 4.78 is 1.25. The third kappa shape index (κ3) is 5.12. The summed E-state index contributed by atoms with van der Waals surface area (Å²) in [5.74, 6) is 0.0808. The number of ketones is 1. The van der Waals surface area contributed by atoms with Crippen LogP contribution < -0.4 is 11.5 Å². The molecule has 0 fully saturated rings. The van der Waals surface area contributed by atoms with E-state index in [1.807, 2.05) is 30.3 Å². The Labute approximate surface area is 159 Å². The van der Waals surface area contributed by atoms with Crippen molar-refractivity contribution in [3.05, 3.63) is 48.0 Å². The average Bonchev–Trinajstić information content (AvgIpc) is 3.00. The molecule has 0 radical (unpaired) electrons. The smallest absolute Gasteiger partial charge is 0.425 e. The van der Waals surface area contributed by atoms with Gasteiger partial charge in [-0.25, -0.2) is 9.67 Å². The number of hydrogen-bond donors (Lipinski definition) is 4. The van der Waals surface area contributed by atoms with E-state index in [4.69, 9.17) is 11.5 Å². The number of carbonyl (C=O) groups is 1. The van der Waals surface area contributed by atoms with Crippen LogP contribution in [0.3, 0.4) is 0 Å². The van der Waals surface area contributed by atoms with Crippen LogP contribution in [0.5, 0.6) is 0 Å². The highest BCUT2D eigenvalue weighted by molar-refractivity contribution is 6.50. The van der Waals surface area contributed by atoms with E-state index in [0.29, 0.717) is 25.1 Å². The molecule has 1 atom stereocenters. The van der Waals surface area contributed by atoms with Crippen LogP contribution in [-0.2, 0) is 16.7 Å². The van der Waals surface area contributed by atoms with Crippen LogP contribution in [0.1, 0.15) is 37.6 Å². The van der Waals surface area contributed by atoms with Gasteiger partial charge in [-0.3, -0.25) is 4.79 Å². The molecular formula is C16H25BClN5O3. The minimum atomic E-state index is -1.91. The largest absolute Gasteiger partial charge is 0.489 e. The Kier molecular flexibility index (Phi) is 8.39. The van der Waals surface area contributed by atoms with Crippen molar-refractivity contribution in [2.45, 2.75) is 44.2 Å². The highest BCUT2D eigenvalue weighted by Gasteiger charge is 2.49. The maximum absolute atomic E-state index is 12.3. The third-order valence-electron chi connectivity index (χ3n) is 4.29. The molecule has 1 unspecified atom stereocenters. The Morgan fingerprint density at radius 3 is 2.50 bits per heavy atom. The Bertz CT molecular complexity index is 698. The predicted molar refractivity (Wildman–Crippen MR) is 101 cm³/mol. The lowest BCUT2D eigenvalue weighted by molar-refractivity contribution is -0.123. The number of nitrogens with zero attached hydrogens (tertiary/aromatic N) is 3. The summed E-state index contributed by atoms with van der Waals surface area (Å²) in [4.78, 5) is 16.5. The van der Waals surface area contributed by atoms with Crippen LogP contribution in [0, 0.1) is 0 Å². The summed E-state index contributed by atoms with van der Waals surface area (Å²) in [5.41, 5.74) is 10.5. The molecule has 1 aromatic carbocycles. The minimum Gasteiger partial charge on any atom is -0.425 e. The summed E-state index contributed by atoms with van der Waals surface area (Å²) >= 11 is 0. The monoisotopic (exact) mass is 381 g/mol. The van der Waals surface area contributed by atoms with E-state index in [9.17, 15) is 14.8 Å². The SMILES string of the molecule is CC(=O)C(CCCC(N)N)(B(O)O)n1cnc(Cc2ccccc2)n1.Cl. The van der Waals surface area contributed by atoms with Crippen molar-refractivity contribution in [1.82, 2.24) is 14.8 Å². The van der Waals surface area contributed by atoms with Crippen LogP contribution in [0.25, 0.3) is 0 Å².